The molecule has 1 aromatic heterocycles. The maximum absolute atomic E-state index is 6.79. The molecule has 170 valence electrons. The van der Waals surface area contributed by atoms with Gasteiger partial charge in [-0.3, -0.25) is 4.90 Å². The summed E-state index contributed by atoms with van der Waals surface area (Å²) in [5, 5.41) is 0. The number of anilines is 1. The molecule has 5 aliphatic heterocycles. The van der Waals surface area contributed by atoms with Crippen molar-refractivity contribution in [1.82, 2.24) is 14.9 Å². The molecule has 6 aliphatic rings. The van der Waals surface area contributed by atoms with E-state index in [0.29, 0.717) is 23.7 Å². The van der Waals surface area contributed by atoms with Gasteiger partial charge in [0.25, 0.3) is 0 Å². The molecule has 8 nitrogen and oxygen atoms in total. The van der Waals surface area contributed by atoms with Crippen molar-refractivity contribution in [1.29, 1.82) is 0 Å². The van der Waals surface area contributed by atoms with Gasteiger partial charge in [-0.2, -0.15) is 0 Å². The number of aromatic nitrogens is 2. The summed E-state index contributed by atoms with van der Waals surface area (Å²) >= 11 is 0. The van der Waals surface area contributed by atoms with Crippen molar-refractivity contribution < 1.29 is 19.2 Å². The first-order valence-corrected chi connectivity index (χ1v) is 12.0. The van der Waals surface area contributed by atoms with E-state index in [1.807, 2.05) is 25.4 Å². The highest BCUT2D eigenvalue weighted by Gasteiger charge is 2.69. The molecular weight excluding hydrogens is 396 g/mol. The Morgan fingerprint density at radius 1 is 0.968 bits per heavy atom. The van der Waals surface area contributed by atoms with Crippen molar-refractivity contribution in [2.45, 2.75) is 70.4 Å². The molecule has 5 saturated heterocycles. The lowest BCUT2D eigenvalue weighted by molar-refractivity contribution is -0.574. The van der Waals surface area contributed by atoms with E-state index >= 15 is 0 Å². The lowest BCUT2D eigenvalue weighted by atomic mass is 9.58. The molecule has 0 N–H and O–H groups in total. The molecule has 0 aromatic carbocycles. The smallest absolute Gasteiger partial charge is 0.225 e. The highest BCUT2D eigenvalue weighted by molar-refractivity contribution is 5.29. The Hall–Kier alpha value is -1.32. The Morgan fingerprint density at radius 3 is 2.52 bits per heavy atom. The van der Waals surface area contributed by atoms with Crippen molar-refractivity contribution >= 4 is 5.95 Å². The third kappa shape index (κ3) is 3.06. The molecule has 1 saturated carbocycles. The van der Waals surface area contributed by atoms with E-state index in [1.54, 1.807) is 0 Å². The van der Waals surface area contributed by atoms with Crippen LogP contribution in [-0.2, 0) is 19.2 Å². The predicted octanol–water partition coefficient (Wildman–Crippen LogP) is 2.81. The summed E-state index contributed by atoms with van der Waals surface area (Å²) in [5.41, 5.74) is -0.483. The standard InChI is InChI=1S/C23H34N4O4/c1-15-5-6-18-16(2)19(26-11-13-27(14-12-26)21-24-9-4-10-25-21)28-20-23(18)17(15)7-8-22(3,29-20)30-31-23/h4,9-10,15-20H,5-8,11-14H2,1-3H3/t15?,16-,17+,18+,19?,20?,22+,23?/m1/s1. The van der Waals surface area contributed by atoms with Gasteiger partial charge in [-0.05, 0) is 44.1 Å². The second kappa shape index (κ2) is 7.35. The highest BCUT2D eigenvalue weighted by Crippen LogP contribution is 2.60. The molecule has 31 heavy (non-hydrogen) atoms. The number of fused-ring (bicyclic) bond motifs is 2. The fourth-order valence-electron chi connectivity index (χ4n) is 6.93. The van der Waals surface area contributed by atoms with E-state index in [-0.39, 0.29) is 12.5 Å². The summed E-state index contributed by atoms with van der Waals surface area (Å²) in [6.45, 7) is 10.3. The molecule has 8 atom stereocenters. The van der Waals surface area contributed by atoms with Gasteiger partial charge in [-0.15, -0.1) is 0 Å². The molecule has 2 bridgehead atoms. The van der Waals surface area contributed by atoms with Crippen LogP contribution >= 0.6 is 0 Å². The summed E-state index contributed by atoms with van der Waals surface area (Å²) in [6.07, 6.45) is 7.57. The van der Waals surface area contributed by atoms with E-state index < -0.39 is 11.4 Å². The monoisotopic (exact) mass is 430 g/mol. The third-order valence-electron chi connectivity index (χ3n) is 8.63. The zero-order chi connectivity index (χ0) is 21.2. The third-order valence-corrected chi connectivity index (χ3v) is 8.63. The zero-order valence-electron chi connectivity index (χ0n) is 18.8. The fourth-order valence-corrected chi connectivity index (χ4v) is 6.93. The van der Waals surface area contributed by atoms with Crippen LogP contribution in [0.1, 0.15) is 46.5 Å². The van der Waals surface area contributed by atoms with E-state index in [2.05, 4.69) is 33.6 Å². The molecule has 0 radical (unpaired) electrons. The van der Waals surface area contributed by atoms with Crippen LogP contribution in [0.4, 0.5) is 5.95 Å². The molecule has 8 heteroatoms. The number of nitrogens with zero attached hydrogens (tertiary/aromatic N) is 4. The van der Waals surface area contributed by atoms with Crippen LogP contribution in [-0.4, -0.2) is 65.0 Å². The number of hydrogen-bond donors (Lipinski definition) is 0. The van der Waals surface area contributed by atoms with Crippen molar-refractivity contribution in [3.8, 4) is 0 Å². The van der Waals surface area contributed by atoms with Gasteiger partial charge in [0.1, 0.15) is 6.23 Å². The van der Waals surface area contributed by atoms with Gasteiger partial charge >= 0.3 is 0 Å². The SMILES string of the molecule is CC1CC[C@H]2[C@@H](C)C(N3CCN(c4ncccn4)CC3)OC3O[C@]4(C)CC[C@@H]1C32OO4. The van der Waals surface area contributed by atoms with E-state index in [9.17, 15) is 0 Å². The number of hydrogen-bond acceptors (Lipinski definition) is 8. The molecule has 6 fully saturated rings. The van der Waals surface area contributed by atoms with Gasteiger partial charge in [-0.1, -0.05) is 13.8 Å². The topological polar surface area (TPSA) is 69.2 Å². The second-order valence-electron chi connectivity index (χ2n) is 10.4. The van der Waals surface area contributed by atoms with Gasteiger partial charge in [0, 0.05) is 56.8 Å². The average molecular weight is 431 g/mol. The molecule has 6 heterocycles. The van der Waals surface area contributed by atoms with Crippen LogP contribution in [0.15, 0.2) is 18.5 Å². The maximum atomic E-state index is 6.79. The van der Waals surface area contributed by atoms with Gasteiger partial charge in [-0.25, -0.2) is 19.7 Å². The minimum Gasteiger partial charge on any atom is -0.338 e. The van der Waals surface area contributed by atoms with Crippen molar-refractivity contribution in [2.24, 2.45) is 23.7 Å². The van der Waals surface area contributed by atoms with Gasteiger partial charge < -0.3 is 14.4 Å². The van der Waals surface area contributed by atoms with Crippen LogP contribution in [0, 0.1) is 23.7 Å². The lowest BCUT2D eigenvalue weighted by Gasteiger charge is -2.61. The number of rotatable bonds is 2. The molecule has 1 aliphatic carbocycles. The van der Waals surface area contributed by atoms with Crippen molar-refractivity contribution in [3.63, 3.8) is 0 Å². The Bertz CT molecular complexity index is 806. The summed E-state index contributed by atoms with van der Waals surface area (Å²) in [6, 6.07) is 1.86. The Morgan fingerprint density at radius 2 is 1.74 bits per heavy atom. The quantitative estimate of drug-likeness (QED) is 0.664. The fraction of sp³-hybridized carbons (Fsp3) is 0.826. The van der Waals surface area contributed by atoms with Crippen molar-refractivity contribution in [2.75, 3.05) is 31.1 Å². The molecule has 7 rings (SSSR count). The lowest BCUT2D eigenvalue weighted by Crippen LogP contribution is -2.72. The van der Waals surface area contributed by atoms with Gasteiger partial charge in [0.15, 0.2) is 11.9 Å². The first-order chi connectivity index (χ1) is 15.0. The largest absolute Gasteiger partial charge is 0.338 e. The first-order valence-electron chi connectivity index (χ1n) is 12.0. The molecule has 4 unspecified atom stereocenters. The molecule has 1 aromatic rings. The van der Waals surface area contributed by atoms with Crippen LogP contribution in [0.3, 0.4) is 0 Å². The first kappa shape index (κ1) is 20.3. The Kier molecular flexibility index (Phi) is 4.81. The van der Waals surface area contributed by atoms with E-state index in [1.165, 1.54) is 6.42 Å². The van der Waals surface area contributed by atoms with Gasteiger partial charge in [0.05, 0.1) is 0 Å². The van der Waals surface area contributed by atoms with Crippen LogP contribution in [0.25, 0.3) is 0 Å². The normalized spacial score (nSPS) is 47.6. The highest BCUT2D eigenvalue weighted by atomic mass is 17.3. The summed E-state index contributed by atoms with van der Waals surface area (Å²) < 4.78 is 13.3. The predicted molar refractivity (Wildman–Crippen MR) is 113 cm³/mol. The summed E-state index contributed by atoms with van der Waals surface area (Å²) in [7, 11) is 0. The number of ether oxygens (including phenoxy) is 2. The summed E-state index contributed by atoms with van der Waals surface area (Å²) in [5.74, 6) is 1.82. The average Bonchev–Trinajstić information content (AvgIpc) is 3.03. The molecule has 1 spiro atoms. The second-order valence-corrected chi connectivity index (χ2v) is 10.4. The van der Waals surface area contributed by atoms with Crippen LogP contribution in [0.2, 0.25) is 0 Å². The number of piperazine rings is 1. The Balaban J connectivity index is 1.24. The van der Waals surface area contributed by atoms with E-state index in [0.717, 1.165) is 51.4 Å². The van der Waals surface area contributed by atoms with Crippen LogP contribution < -0.4 is 4.90 Å². The molecular formula is C23H34N4O4. The van der Waals surface area contributed by atoms with Gasteiger partial charge in [0.2, 0.25) is 11.7 Å². The van der Waals surface area contributed by atoms with Crippen molar-refractivity contribution in [3.05, 3.63) is 18.5 Å². The zero-order valence-corrected chi connectivity index (χ0v) is 18.8. The van der Waals surface area contributed by atoms with E-state index in [4.69, 9.17) is 19.2 Å². The van der Waals surface area contributed by atoms with Crippen LogP contribution in [0.5, 0.6) is 0 Å². The maximum Gasteiger partial charge on any atom is 0.225 e. The Labute approximate surface area is 184 Å². The molecule has 0 amide bonds. The minimum atomic E-state index is -0.716. The summed E-state index contributed by atoms with van der Waals surface area (Å²) in [4.78, 5) is 25.8. The minimum absolute atomic E-state index is 0.0278.